The van der Waals surface area contributed by atoms with Crippen molar-refractivity contribution in [3.63, 3.8) is 0 Å². The number of nitrogens with one attached hydrogen (secondary N) is 1. The van der Waals surface area contributed by atoms with Crippen LogP contribution >= 0.6 is 0 Å². The zero-order valence-corrected chi connectivity index (χ0v) is 15.1. The summed E-state index contributed by atoms with van der Waals surface area (Å²) in [6.07, 6.45) is 1.52. The number of benzene rings is 1. The first-order valence-corrected chi connectivity index (χ1v) is 8.77. The molecule has 1 amide bonds. The second kappa shape index (κ2) is 6.70. The Kier molecular flexibility index (Phi) is 4.61. The zero-order chi connectivity index (χ0) is 18.1. The number of amides is 1. The van der Waals surface area contributed by atoms with Crippen molar-refractivity contribution in [2.45, 2.75) is 52.6 Å². The van der Waals surface area contributed by atoms with Crippen LogP contribution in [0.1, 0.15) is 45.3 Å². The molecule has 6 nitrogen and oxygen atoms in total. The summed E-state index contributed by atoms with van der Waals surface area (Å²) in [5, 5.41) is 3.95. The van der Waals surface area contributed by atoms with Crippen molar-refractivity contribution < 1.29 is 4.79 Å². The highest BCUT2D eigenvalue weighted by Crippen LogP contribution is 2.26. The molecule has 1 N–H and O–H groups in total. The van der Waals surface area contributed by atoms with Crippen LogP contribution in [0.15, 0.2) is 35.1 Å². The summed E-state index contributed by atoms with van der Waals surface area (Å²) in [7, 11) is 0. The lowest BCUT2D eigenvalue weighted by atomic mass is 10.1. The molecule has 0 saturated heterocycles. The van der Waals surface area contributed by atoms with E-state index >= 15 is 0 Å². The molecule has 6 heteroatoms. The fraction of sp³-hybridized carbons (Fsp3) is 0.421. The van der Waals surface area contributed by atoms with Crippen LogP contribution in [0.25, 0.3) is 16.6 Å². The van der Waals surface area contributed by atoms with Crippen molar-refractivity contribution >= 4 is 22.5 Å². The number of fused-ring (bicyclic) bond motifs is 3. The van der Waals surface area contributed by atoms with Crippen LogP contribution in [-0.2, 0) is 4.79 Å². The first-order chi connectivity index (χ1) is 12.0. The molecule has 0 aliphatic rings. The molecule has 2 atom stereocenters. The summed E-state index contributed by atoms with van der Waals surface area (Å²) < 4.78 is 3.85. The lowest BCUT2D eigenvalue weighted by Gasteiger charge is -2.22. The summed E-state index contributed by atoms with van der Waals surface area (Å²) in [6.45, 7) is 7.91. The molecule has 2 aromatic heterocycles. The zero-order valence-electron chi connectivity index (χ0n) is 15.1. The van der Waals surface area contributed by atoms with E-state index in [1.807, 2.05) is 61.2 Å². The molecule has 132 valence electrons. The van der Waals surface area contributed by atoms with Crippen LogP contribution in [0.2, 0.25) is 0 Å². The highest BCUT2D eigenvalue weighted by molar-refractivity contribution is 5.94. The molecule has 1 aromatic carbocycles. The third kappa shape index (κ3) is 2.92. The predicted molar refractivity (Wildman–Crippen MR) is 98.9 cm³/mol. The minimum absolute atomic E-state index is 0.0161. The lowest BCUT2D eigenvalue weighted by Crippen LogP contribution is -2.39. The average molecular weight is 340 g/mol. The normalized spacial score (nSPS) is 13.9. The maximum absolute atomic E-state index is 12.9. The highest BCUT2D eigenvalue weighted by Gasteiger charge is 2.25. The fourth-order valence-corrected chi connectivity index (χ4v) is 3.23. The average Bonchev–Trinajstić information content (AvgIpc) is 2.90. The van der Waals surface area contributed by atoms with Crippen molar-refractivity contribution in [1.29, 1.82) is 0 Å². The third-order valence-electron chi connectivity index (χ3n) is 4.68. The van der Waals surface area contributed by atoms with Gasteiger partial charge in [-0.05, 0) is 38.8 Å². The standard InChI is InChI=1S/C19H24N4O2/c1-5-12(3)20-19(25)15(6-2)23-16-10-8-7-9-14(16)18-21-17(24)11-13(4)22(18)23/h7-12,15H,5-6H2,1-4H3,(H,20,25). The Morgan fingerprint density at radius 1 is 1.24 bits per heavy atom. The number of aromatic nitrogens is 3. The van der Waals surface area contributed by atoms with E-state index in [1.54, 1.807) is 0 Å². The van der Waals surface area contributed by atoms with Crippen LogP contribution in [0.4, 0.5) is 0 Å². The van der Waals surface area contributed by atoms with Gasteiger partial charge in [-0.15, -0.1) is 0 Å². The molecular formula is C19H24N4O2. The monoisotopic (exact) mass is 340 g/mol. The molecule has 2 unspecified atom stereocenters. The van der Waals surface area contributed by atoms with E-state index in [0.29, 0.717) is 12.1 Å². The van der Waals surface area contributed by atoms with Crippen molar-refractivity contribution in [3.05, 3.63) is 46.4 Å². The number of hydrogen-bond donors (Lipinski definition) is 1. The van der Waals surface area contributed by atoms with Crippen molar-refractivity contribution in [2.24, 2.45) is 0 Å². The summed E-state index contributed by atoms with van der Waals surface area (Å²) >= 11 is 0. The molecule has 0 aliphatic carbocycles. The Morgan fingerprint density at radius 3 is 2.64 bits per heavy atom. The summed E-state index contributed by atoms with van der Waals surface area (Å²) in [5.41, 5.74) is 1.99. The second-order valence-electron chi connectivity index (χ2n) is 6.47. The number of hydrogen-bond acceptors (Lipinski definition) is 3. The number of rotatable bonds is 5. The Balaban J connectivity index is 2.29. The molecule has 0 aliphatic heterocycles. The second-order valence-corrected chi connectivity index (χ2v) is 6.47. The van der Waals surface area contributed by atoms with E-state index in [0.717, 1.165) is 23.0 Å². The molecule has 0 radical (unpaired) electrons. The molecule has 2 heterocycles. The number of para-hydroxylation sites is 1. The summed E-state index contributed by atoms with van der Waals surface area (Å²) in [6, 6.07) is 9.00. The van der Waals surface area contributed by atoms with Gasteiger partial charge in [0.2, 0.25) is 5.91 Å². The number of carbonyl (C=O) groups excluding carboxylic acids is 1. The van der Waals surface area contributed by atoms with Gasteiger partial charge in [0.1, 0.15) is 6.04 Å². The van der Waals surface area contributed by atoms with Crippen molar-refractivity contribution in [1.82, 2.24) is 19.5 Å². The predicted octanol–water partition coefficient (Wildman–Crippen LogP) is 2.82. The van der Waals surface area contributed by atoms with E-state index in [1.165, 1.54) is 6.07 Å². The van der Waals surface area contributed by atoms with Gasteiger partial charge in [0.15, 0.2) is 5.65 Å². The van der Waals surface area contributed by atoms with Gasteiger partial charge >= 0.3 is 0 Å². The van der Waals surface area contributed by atoms with E-state index in [4.69, 9.17) is 0 Å². The minimum Gasteiger partial charge on any atom is -0.352 e. The Hall–Kier alpha value is -2.63. The van der Waals surface area contributed by atoms with Gasteiger partial charge in [-0.1, -0.05) is 26.0 Å². The van der Waals surface area contributed by atoms with Gasteiger partial charge in [-0.3, -0.25) is 14.3 Å². The lowest BCUT2D eigenvalue weighted by molar-refractivity contribution is -0.125. The maximum atomic E-state index is 12.9. The molecular weight excluding hydrogens is 316 g/mol. The summed E-state index contributed by atoms with van der Waals surface area (Å²) in [5.74, 6) is -0.0161. The van der Waals surface area contributed by atoms with Crippen LogP contribution in [0, 0.1) is 6.92 Å². The molecule has 3 aromatic rings. The first kappa shape index (κ1) is 17.2. The Labute approximate surface area is 146 Å². The van der Waals surface area contributed by atoms with E-state index in [2.05, 4.69) is 10.3 Å². The minimum atomic E-state index is -0.376. The maximum Gasteiger partial charge on any atom is 0.273 e. The number of carbonyl (C=O) groups is 1. The van der Waals surface area contributed by atoms with Crippen molar-refractivity contribution in [3.8, 4) is 0 Å². The van der Waals surface area contributed by atoms with Crippen LogP contribution in [0.3, 0.4) is 0 Å². The smallest absolute Gasteiger partial charge is 0.273 e. The van der Waals surface area contributed by atoms with E-state index in [9.17, 15) is 9.59 Å². The van der Waals surface area contributed by atoms with E-state index in [-0.39, 0.29) is 23.6 Å². The van der Waals surface area contributed by atoms with Gasteiger partial charge in [0.05, 0.1) is 5.52 Å². The SMILES string of the molecule is CCC(C)NC(=O)C(CC)n1c2ccccc2c2nc(=O)cc(C)n21. The quantitative estimate of drug-likeness (QED) is 0.776. The van der Waals surface area contributed by atoms with Crippen LogP contribution < -0.4 is 10.9 Å². The van der Waals surface area contributed by atoms with Crippen LogP contribution in [-0.4, -0.2) is 26.1 Å². The third-order valence-corrected chi connectivity index (χ3v) is 4.68. The highest BCUT2D eigenvalue weighted by atomic mass is 16.2. The largest absolute Gasteiger partial charge is 0.352 e. The number of nitrogens with zero attached hydrogens (tertiary/aromatic N) is 3. The van der Waals surface area contributed by atoms with E-state index < -0.39 is 0 Å². The van der Waals surface area contributed by atoms with Gasteiger partial charge < -0.3 is 5.32 Å². The fourth-order valence-electron chi connectivity index (χ4n) is 3.23. The van der Waals surface area contributed by atoms with Crippen LogP contribution in [0.5, 0.6) is 0 Å². The molecule has 25 heavy (non-hydrogen) atoms. The van der Waals surface area contributed by atoms with Gasteiger partial charge in [-0.25, -0.2) is 4.52 Å². The molecule has 0 spiro atoms. The topological polar surface area (TPSA) is 68.4 Å². The molecule has 0 bridgehead atoms. The molecule has 0 saturated carbocycles. The summed E-state index contributed by atoms with van der Waals surface area (Å²) in [4.78, 5) is 29.0. The first-order valence-electron chi connectivity index (χ1n) is 8.77. The van der Waals surface area contributed by atoms with Gasteiger partial charge in [0.25, 0.3) is 5.56 Å². The Morgan fingerprint density at radius 2 is 1.96 bits per heavy atom. The number of aryl methyl sites for hydroxylation is 1. The molecule has 3 rings (SSSR count). The van der Waals surface area contributed by atoms with Gasteiger partial charge in [-0.2, -0.15) is 4.98 Å². The Bertz CT molecular complexity index is 986. The van der Waals surface area contributed by atoms with Crippen molar-refractivity contribution in [2.75, 3.05) is 0 Å². The van der Waals surface area contributed by atoms with Gasteiger partial charge in [0, 0.05) is 23.2 Å². The molecule has 0 fully saturated rings.